The molecule has 0 aromatic carbocycles. The van der Waals surface area contributed by atoms with Gasteiger partial charge in [0.25, 0.3) is 0 Å². The molecule has 6 heteroatoms. The van der Waals surface area contributed by atoms with Crippen LogP contribution in [0.25, 0.3) is 0 Å². The number of rotatable bonds is 6. The van der Waals surface area contributed by atoms with Crippen molar-refractivity contribution in [3.63, 3.8) is 0 Å². The Labute approximate surface area is 88.8 Å². The van der Waals surface area contributed by atoms with Crippen molar-refractivity contribution in [3.05, 3.63) is 6.07 Å². The van der Waals surface area contributed by atoms with Gasteiger partial charge in [0.2, 0.25) is 11.8 Å². The van der Waals surface area contributed by atoms with Gasteiger partial charge in [-0.05, 0) is 6.92 Å². The van der Waals surface area contributed by atoms with Crippen LogP contribution in [0.4, 0.5) is 11.8 Å². The summed E-state index contributed by atoms with van der Waals surface area (Å²) in [7, 11) is 1.76. The number of hydrogen-bond donors (Lipinski definition) is 2. The molecule has 0 saturated heterocycles. The fourth-order valence-corrected chi connectivity index (χ4v) is 0.994. The lowest BCUT2D eigenvalue weighted by molar-refractivity contribution is 0.108. The third-order valence-corrected chi connectivity index (χ3v) is 1.66. The van der Waals surface area contributed by atoms with Crippen molar-refractivity contribution >= 4 is 11.8 Å². The SMILES string of the molecule is CCOCCOc1cc(NC)nc(N)n1. The summed E-state index contributed by atoms with van der Waals surface area (Å²) in [5, 5.41) is 2.87. The smallest absolute Gasteiger partial charge is 0.225 e. The first-order valence-corrected chi connectivity index (χ1v) is 4.79. The van der Waals surface area contributed by atoms with Crippen LogP contribution in [0.5, 0.6) is 5.88 Å². The van der Waals surface area contributed by atoms with Gasteiger partial charge in [0, 0.05) is 19.7 Å². The molecule has 1 rings (SSSR count). The Morgan fingerprint density at radius 2 is 2.20 bits per heavy atom. The van der Waals surface area contributed by atoms with Gasteiger partial charge < -0.3 is 20.5 Å². The molecule has 0 aliphatic rings. The van der Waals surface area contributed by atoms with Crippen molar-refractivity contribution < 1.29 is 9.47 Å². The summed E-state index contributed by atoms with van der Waals surface area (Å²) in [5.41, 5.74) is 5.49. The van der Waals surface area contributed by atoms with Gasteiger partial charge in [-0.1, -0.05) is 0 Å². The molecule has 0 aliphatic heterocycles. The van der Waals surface area contributed by atoms with Crippen LogP contribution in [0.15, 0.2) is 6.07 Å². The molecule has 0 atom stereocenters. The van der Waals surface area contributed by atoms with Gasteiger partial charge in [0.05, 0.1) is 6.61 Å². The number of anilines is 2. The number of hydrogen-bond acceptors (Lipinski definition) is 6. The summed E-state index contributed by atoms with van der Waals surface area (Å²) >= 11 is 0. The molecule has 15 heavy (non-hydrogen) atoms. The lowest BCUT2D eigenvalue weighted by Gasteiger charge is -2.07. The predicted molar refractivity (Wildman–Crippen MR) is 58.0 cm³/mol. The maximum Gasteiger partial charge on any atom is 0.225 e. The van der Waals surface area contributed by atoms with Crippen molar-refractivity contribution in [1.82, 2.24) is 9.97 Å². The number of aromatic nitrogens is 2. The summed E-state index contributed by atoms with van der Waals surface area (Å²) in [6.07, 6.45) is 0. The fraction of sp³-hybridized carbons (Fsp3) is 0.556. The molecule has 0 aliphatic carbocycles. The van der Waals surface area contributed by atoms with E-state index in [1.54, 1.807) is 13.1 Å². The van der Waals surface area contributed by atoms with Crippen molar-refractivity contribution in [3.8, 4) is 5.88 Å². The Bertz CT molecular complexity index is 306. The average Bonchev–Trinajstić information content (AvgIpc) is 2.23. The predicted octanol–water partition coefficient (Wildman–Crippen LogP) is 0.516. The van der Waals surface area contributed by atoms with Gasteiger partial charge >= 0.3 is 0 Å². The standard InChI is InChI=1S/C9H16N4O2/c1-3-14-4-5-15-8-6-7(11-2)12-9(10)13-8/h6H,3-5H2,1-2H3,(H3,10,11,12,13). The minimum Gasteiger partial charge on any atom is -0.475 e. The first-order chi connectivity index (χ1) is 7.26. The summed E-state index contributed by atoms with van der Waals surface area (Å²) < 4.78 is 10.5. The maximum atomic E-state index is 5.49. The topological polar surface area (TPSA) is 82.3 Å². The lowest BCUT2D eigenvalue weighted by atomic mass is 10.5. The highest BCUT2D eigenvalue weighted by Gasteiger charge is 2.01. The molecule has 0 amide bonds. The maximum absolute atomic E-state index is 5.49. The Morgan fingerprint density at radius 3 is 2.87 bits per heavy atom. The van der Waals surface area contributed by atoms with Crippen LogP contribution < -0.4 is 15.8 Å². The zero-order valence-corrected chi connectivity index (χ0v) is 8.99. The van der Waals surface area contributed by atoms with Crippen LogP contribution in [0.3, 0.4) is 0 Å². The van der Waals surface area contributed by atoms with Crippen molar-refractivity contribution in [2.45, 2.75) is 6.92 Å². The second kappa shape index (κ2) is 6.02. The zero-order chi connectivity index (χ0) is 11.1. The molecule has 0 radical (unpaired) electrons. The molecule has 1 aromatic heterocycles. The molecule has 6 nitrogen and oxygen atoms in total. The molecule has 0 fully saturated rings. The molecule has 84 valence electrons. The summed E-state index contributed by atoms with van der Waals surface area (Å²) in [5.74, 6) is 1.27. The highest BCUT2D eigenvalue weighted by Crippen LogP contribution is 2.13. The van der Waals surface area contributed by atoms with E-state index in [-0.39, 0.29) is 5.95 Å². The van der Waals surface area contributed by atoms with Crippen molar-refractivity contribution in [2.75, 3.05) is 37.9 Å². The quantitative estimate of drug-likeness (QED) is 0.669. The van der Waals surface area contributed by atoms with E-state index in [0.717, 1.165) is 0 Å². The molecular formula is C9H16N4O2. The van der Waals surface area contributed by atoms with E-state index in [4.69, 9.17) is 15.2 Å². The average molecular weight is 212 g/mol. The number of nitrogens with one attached hydrogen (secondary N) is 1. The molecule has 1 heterocycles. The zero-order valence-electron chi connectivity index (χ0n) is 8.99. The monoisotopic (exact) mass is 212 g/mol. The largest absolute Gasteiger partial charge is 0.475 e. The van der Waals surface area contributed by atoms with Crippen LogP contribution in [-0.4, -0.2) is 36.8 Å². The van der Waals surface area contributed by atoms with Gasteiger partial charge in [0.15, 0.2) is 0 Å². The normalized spacial score (nSPS) is 10.0. The molecular weight excluding hydrogens is 196 g/mol. The molecule has 0 spiro atoms. The Hall–Kier alpha value is -1.56. The highest BCUT2D eigenvalue weighted by atomic mass is 16.5. The Kier molecular flexibility index (Phi) is 4.62. The number of nitrogens with zero attached hydrogens (tertiary/aromatic N) is 2. The molecule has 0 saturated carbocycles. The van der Waals surface area contributed by atoms with Crippen LogP contribution in [-0.2, 0) is 4.74 Å². The number of ether oxygens (including phenoxy) is 2. The lowest BCUT2D eigenvalue weighted by Crippen LogP contribution is -2.09. The van der Waals surface area contributed by atoms with Gasteiger partial charge in [-0.2, -0.15) is 9.97 Å². The van der Waals surface area contributed by atoms with E-state index < -0.39 is 0 Å². The van der Waals surface area contributed by atoms with Crippen molar-refractivity contribution in [2.24, 2.45) is 0 Å². The van der Waals surface area contributed by atoms with Crippen molar-refractivity contribution in [1.29, 1.82) is 0 Å². The molecule has 3 N–H and O–H groups in total. The number of nitrogen functional groups attached to an aromatic ring is 1. The Morgan fingerprint density at radius 1 is 1.40 bits per heavy atom. The van der Waals surface area contributed by atoms with Gasteiger partial charge in [-0.3, -0.25) is 0 Å². The molecule has 1 aromatic rings. The van der Waals surface area contributed by atoms with Crippen LogP contribution in [0.1, 0.15) is 6.92 Å². The van der Waals surface area contributed by atoms with E-state index in [0.29, 0.717) is 31.5 Å². The Balaban J connectivity index is 2.49. The minimum atomic E-state index is 0.188. The third kappa shape index (κ3) is 3.99. The second-order valence-corrected chi connectivity index (χ2v) is 2.75. The number of nitrogens with two attached hydrogens (primary N) is 1. The summed E-state index contributed by atoms with van der Waals surface area (Å²) in [4.78, 5) is 7.87. The van der Waals surface area contributed by atoms with Crippen LogP contribution in [0, 0.1) is 0 Å². The minimum absolute atomic E-state index is 0.188. The van der Waals surface area contributed by atoms with E-state index in [2.05, 4.69) is 15.3 Å². The first-order valence-electron chi connectivity index (χ1n) is 4.79. The van der Waals surface area contributed by atoms with E-state index >= 15 is 0 Å². The second-order valence-electron chi connectivity index (χ2n) is 2.75. The summed E-state index contributed by atoms with van der Waals surface area (Å²) in [6, 6.07) is 1.68. The van der Waals surface area contributed by atoms with E-state index in [1.165, 1.54) is 0 Å². The highest BCUT2D eigenvalue weighted by molar-refractivity contribution is 5.41. The van der Waals surface area contributed by atoms with E-state index in [1.807, 2.05) is 6.92 Å². The molecule has 0 bridgehead atoms. The van der Waals surface area contributed by atoms with Gasteiger partial charge in [0.1, 0.15) is 12.4 Å². The summed E-state index contributed by atoms with van der Waals surface area (Å²) in [6.45, 7) is 3.60. The van der Waals surface area contributed by atoms with Gasteiger partial charge in [-0.25, -0.2) is 0 Å². The third-order valence-electron chi connectivity index (χ3n) is 1.66. The van der Waals surface area contributed by atoms with Crippen LogP contribution >= 0.6 is 0 Å². The fourth-order valence-electron chi connectivity index (χ4n) is 0.994. The van der Waals surface area contributed by atoms with E-state index in [9.17, 15) is 0 Å². The van der Waals surface area contributed by atoms with Gasteiger partial charge in [-0.15, -0.1) is 0 Å². The molecule has 0 unspecified atom stereocenters. The van der Waals surface area contributed by atoms with Crippen LogP contribution in [0.2, 0.25) is 0 Å². The first kappa shape index (κ1) is 11.5.